The molecular formula is C16H24ClN3O3. The van der Waals surface area contributed by atoms with Gasteiger partial charge in [0.1, 0.15) is 11.3 Å². The molecule has 128 valence electrons. The van der Waals surface area contributed by atoms with Gasteiger partial charge in [-0.1, -0.05) is 18.5 Å². The first-order valence-corrected chi connectivity index (χ1v) is 8.34. The van der Waals surface area contributed by atoms with Gasteiger partial charge in [0, 0.05) is 25.6 Å². The molecule has 0 radical (unpaired) electrons. The van der Waals surface area contributed by atoms with Crippen LogP contribution < -0.4 is 0 Å². The van der Waals surface area contributed by atoms with Gasteiger partial charge in [0.2, 0.25) is 0 Å². The molecule has 1 aromatic heterocycles. The van der Waals surface area contributed by atoms with Crippen molar-refractivity contribution >= 4 is 23.5 Å². The van der Waals surface area contributed by atoms with Gasteiger partial charge in [0.25, 0.3) is 0 Å². The van der Waals surface area contributed by atoms with E-state index < -0.39 is 5.60 Å². The van der Waals surface area contributed by atoms with Gasteiger partial charge in [-0.05, 0) is 33.6 Å². The Morgan fingerprint density at radius 1 is 1.43 bits per heavy atom. The van der Waals surface area contributed by atoms with E-state index in [2.05, 4.69) is 5.10 Å². The zero-order chi connectivity index (χ0) is 17.2. The summed E-state index contributed by atoms with van der Waals surface area (Å²) < 4.78 is 7.01. The fourth-order valence-electron chi connectivity index (χ4n) is 2.65. The second-order valence-electron chi connectivity index (χ2n) is 6.84. The lowest BCUT2D eigenvalue weighted by molar-refractivity contribution is 0.0289. The zero-order valence-electron chi connectivity index (χ0n) is 14.1. The van der Waals surface area contributed by atoms with Gasteiger partial charge < -0.3 is 9.64 Å². The number of hydrogen-bond donors (Lipinski definition) is 0. The minimum absolute atomic E-state index is 0.0491. The van der Waals surface area contributed by atoms with Gasteiger partial charge in [-0.3, -0.25) is 9.48 Å². The molecule has 6 nitrogen and oxygen atoms in total. The number of amides is 1. The van der Waals surface area contributed by atoms with Crippen LogP contribution in [0.5, 0.6) is 0 Å². The van der Waals surface area contributed by atoms with Crippen molar-refractivity contribution in [3.63, 3.8) is 0 Å². The predicted octanol–water partition coefficient (Wildman–Crippen LogP) is 3.39. The van der Waals surface area contributed by atoms with Crippen molar-refractivity contribution in [2.24, 2.45) is 5.92 Å². The van der Waals surface area contributed by atoms with Crippen LogP contribution in [-0.4, -0.2) is 45.2 Å². The molecule has 0 bridgehead atoms. The van der Waals surface area contributed by atoms with Gasteiger partial charge in [0.05, 0.1) is 11.2 Å². The number of carbonyl (C=O) groups excluding carboxylic acids is 2. The fraction of sp³-hybridized carbons (Fsp3) is 0.688. The highest BCUT2D eigenvalue weighted by molar-refractivity contribution is 6.33. The largest absolute Gasteiger partial charge is 0.444 e. The van der Waals surface area contributed by atoms with Gasteiger partial charge >= 0.3 is 6.09 Å². The monoisotopic (exact) mass is 341 g/mol. The van der Waals surface area contributed by atoms with Crippen molar-refractivity contribution in [1.29, 1.82) is 0 Å². The van der Waals surface area contributed by atoms with Gasteiger partial charge in [0.15, 0.2) is 5.78 Å². The summed E-state index contributed by atoms with van der Waals surface area (Å²) in [6.45, 7) is 9.03. The van der Waals surface area contributed by atoms with E-state index in [1.807, 2.05) is 27.7 Å². The van der Waals surface area contributed by atoms with E-state index >= 15 is 0 Å². The molecule has 1 aliphatic heterocycles. The molecule has 2 heterocycles. The maximum absolute atomic E-state index is 12.8. The second kappa shape index (κ2) is 6.91. The Morgan fingerprint density at radius 2 is 2.13 bits per heavy atom. The molecule has 1 fully saturated rings. The third-order valence-electron chi connectivity index (χ3n) is 3.67. The Bertz CT molecular complexity index is 592. The molecule has 1 atom stereocenters. The average Bonchev–Trinajstić information content (AvgIpc) is 3.04. The maximum Gasteiger partial charge on any atom is 0.410 e. The Hall–Kier alpha value is -1.56. The molecular weight excluding hydrogens is 318 g/mol. The molecule has 0 N–H and O–H groups in total. The number of nitrogens with zero attached hydrogens (tertiary/aromatic N) is 3. The first-order valence-electron chi connectivity index (χ1n) is 7.96. The highest BCUT2D eigenvalue weighted by atomic mass is 35.5. The molecule has 1 amide bonds. The molecule has 1 aliphatic rings. The van der Waals surface area contributed by atoms with Crippen LogP contribution in [0.4, 0.5) is 4.79 Å². The minimum atomic E-state index is -0.539. The third kappa shape index (κ3) is 4.25. The summed E-state index contributed by atoms with van der Waals surface area (Å²) in [5, 5.41) is 4.53. The molecule has 1 saturated heterocycles. The summed E-state index contributed by atoms with van der Waals surface area (Å²) in [7, 11) is 0. The number of halogens is 1. The normalized spacial score (nSPS) is 18.3. The Balaban J connectivity index is 2.06. The second-order valence-corrected chi connectivity index (χ2v) is 7.25. The Kier molecular flexibility index (Phi) is 5.34. The topological polar surface area (TPSA) is 64.4 Å². The molecule has 2 rings (SSSR count). The van der Waals surface area contributed by atoms with Crippen molar-refractivity contribution < 1.29 is 14.3 Å². The molecule has 0 aromatic carbocycles. The van der Waals surface area contributed by atoms with Crippen molar-refractivity contribution in [3.05, 3.63) is 16.9 Å². The van der Waals surface area contributed by atoms with Crippen molar-refractivity contribution in [2.45, 2.75) is 52.7 Å². The standard InChI is InChI=1S/C16H24ClN3O3/c1-5-7-20-13(12(17)9-18-20)14(21)11-6-8-19(10-11)15(22)23-16(2,3)4/h9,11H,5-8,10H2,1-4H3. The van der Waals surface area contributed by atoms with Crippen LogP contribution in [0, 0.1) is 5.92 Å². The number of likely N-dealkylation sites (tertiary alicyclic amines) is 1. The van der Waals surface area contributed by atoms with Crippen LogP contribution in [0.2, 0.25) is 5.02 Å². The molecule has 0 aliphatic carbocycles. The Labute approximate surface area is 141 Å². The maximum atomic E-state index is 12.8. The van der Waals surface area contributed by atoms with Crippen LogP contribution in [0.1, 0.15) is 51.0 Å². The van der Waals surface area contributed by atoms with E-state index in [1.54, 1.807) is 9.58 Å². The van der Waals surface area contributed by atoms with Crippen LogP contribution in [-0.2, 0) is 11.3 Å². The highest BCUT2D eigenvalue weighted by Gasteiger charge is 2.35. The first-order chi connectivity index (χ1) is 10.7. The van der Waals surface area contributed by atoms with Gasteiger partial charge in [-0.25, -0.2) is 4.79 Å². The SMILES string of the molecule is CCCn1ncc(Cl)c1C(=O)C1CCN(C(=O)OC(C)(C)C)C1. The van der Waals surface area contributed by atoms with Crippen molar-refractivity contribution in [2.75, 3.05) is 13.1 Å². The first kappa shape index (κ1) is 17.8. The van der Waals surface area contributed by atoms with Crippen LogP contribution in [0.25, 0.3) is 0 Å². The highest BCUT2D eigenvalue weighted by Crippen LogP contribution is 2.26. The number of Topliss-reactive ketones (excluding diaryl/α,β-unsaturated/α-hetero) is 1. The molecule has 23 heavy (non-hydrogen) atoms. The molecule has 0 saturated carbocycles. The summed E-state index contributed by atoms with van der Waals surface area (Å²) in [5.41, 5.74) is -0.0908. The minimum Gasteiger partial charge on any atom is -0.444 e. The molecule has 7 heteroatoms. The lowest BCUT2D eigenvalue weighted by atomic mass is 10.0. The number of rotatable bonds is 4. The predicted molar refractivity (Wildman–Crippen MR) is 87.8 cm³/mol. The van der Waals surface area contributed by atoms with Crippen molar-refractivity contribution in [1.82, 2.24) is 14.7 Å². The van der Waals surface area contributed by atoms with Crippen molar-refractivity contribution in [3.8, 4) is 0 Å². The summed E-state index contributed by atoms with van der Waals surface area (Å²) in [4.78, 5) is 26.4. The van der Waals surface area contributed by atoms with E-state index in [-0.39, 0.29) is 17.8 Å². The van der Waals surface area contributed by atoms with E-state index in [9.17, 15) is 9.59 Å². The smallest absolute Gasteiger partial charge is 0.410 e. The quantitative estimate of drug-likeness (QED) is 0.787. The van der Waals surface area contributed by atoms with Crippen LogP contribution >= 0.6 is 11.6 Å². The molecule has 1 unspecified atom stereocenters. The molecule has 0 spiro atoms. The van der Waals surface area contributed by atoms with E-state index in [4.69, 9.17) is 16.3 Å². The van der Waals surface area contributed by atoms with Gasteiger partial charge in [-0.2, -0.15) is 5.10 Å². The lowest BCUT2D eigenvalue weighted by Crippen LogP contribution is -2.36. The number of ketones is 1. The molecule has 1 aromatic rings. The summed E-state index contributed by atoms with van der Waals surface area (Å²) in [6, 6.07) is 0. The lowest BCUT2D eigenvalue weighted by Gasteiger charge is -2.24. The average molecular weight is 342 g/mol. The number of aromatic nitrogens is 2. The van der Waals surface area contributed by atoms with E-state index in [1.165, 1.54) is 6.20 Å². The summed E-state index contributed by atoms with van der Waals surface area (Å²) >= 11 is 6.13. The number of hydrogen-bond acceptors (Lipinski definition) is 4. The Morgan fingerprint density at radius 3 is 2.74 bits per heavy atom. The van der Waals surface area contributed by atoms with Crippen LogP contribution in [0.3, 0.4) is 0 Å². The van der Waals surface area contributed by atoms with Gasteiger partial charge in [-0.15, -0.1) is 0 Å². The summed E-state index contributed by atoms with van der Waals surface area (Å²) in [6.07, 6.45) is 2.62. The summed E-state index contributed by atoms with van der Waals surface area (Å²) in [5.74, 6) is -0.306. The van der Waals surface area contributed by atoms with E-state index in [0.29, 0.717) is 36.8 Å². The number of carbonyl (C=O) groups is 2. The number of ether oxygens (including phenoxy) is 1. The zero-order valence-corrected chi connectivity index (χ0v) is 14.9. The van der Waals surface area contributed by atoms with Crippen LogP contribution in [0.15, 0.2) is 6.20 Å². The fourth-order valence-corrected chi connectivity index (χ4v) is 2.88. The number of aryl methyl sites for hydroxylation is 1. The third-order valence-corrected chi connectivity index (χ3v) is 3.95. The van der Waals surface area contributed by atoms with E-state index in [0.717, 1.165) is 6.42 Å².